The molecule has 2 atom stereocenters. The van der Waals surface area contributed by atoms with Crippen molar-refractivity contribution in [1.29, 1.82) is 0 Å². The van der Waals surface area contributed by atoms with Crippen molar-refractivity contribution in [3.8, 4) is 0 Å². The second-order valence-electron chi connectivity index (χ2n) is 3.52. The van der Waals surface area contributed by atoms with Crippen molar-refractivity contribution in [3.05, 3.63) is 35.9 Å². The fourth-order valence-corrected chi connectivity index (χ4v) is 1.79. The Hall–Kier alpha value is -1.35. The first-order chi connectivity index (χ1) is 7.31. The van der Waals surface area contributed by atoms with Crippen molar-refractivity contribution >= 4 is 5.97 Å². The fraction of sp³-hybridized carbons (Fsp3) is 0.417. The molecule has 1 fully saturated rings. The molecular weight excluding hydrogens is 192 g/mol. The van der Waals surface area contributed by atoms with Gasteiger partial charge in [-0.1, -0.05) is 30.3 Å². The SMILES string of the molecule is CCO[C@H]1C[C@@H](c2ccccc2)C(=O)O1. The van der Waals surface area contributed by atoms with Crippen molar-refractivity contribution in [2.75, 3.05) is 6.61 Å². The molecule has 0 aliphatic carbocycles. The maximum Gasteiger partial charge on any atom is 0.315 e. The standard InChI is InChI=1S/C12H14O3/c1-2-14-11-8-10(12(13)15-11)9-6-4-3-5-7-9/h3-7,10-11H,2,8H2,1H3/t10-,11+/m0/s1. The van der Waals surface area contributed by atoms with Gasteiger partial charge in [-0.05, 0) is 12.5 Å². The molecule has 15 heavy (non-hydrogen) atoms. The number of esters is 1. The van der Waals surface area contributed by atoms with Crippen molar-refractivity contribution in [3.63, 3.8) is 0 Å². The van der Waals surface area contributed by atoms with E-state index in [9.17, 15) is 4.79 Å². The molecule has 0 amide bonds. The molecule has 2 rings (SSSR count). The van der Waals surface area contributed by atoms with Crippen molar-refractivity contribution in [2.24, 2.45) is 0 Å². The molecule has 80 valence electrons. The van der Waals surface area contributed by atoms with Crippen LogP contribution in [0.4, 0.5) is 0 Å². The van der Waals surface area contributed by atoms with E-state index in [-0.39, 0.29) is 18.2 Å². The summed E-state index contributed by atoms with van der Waals surface area (Å²) >= 11 is 0. The largest absolute Gasteiger partial charge is 0.435 e. The van der Waals surface area contributed by atoms with Gasteiger partial charge in [-0.25, -0.2) is 0 Å². The third-order valence-corrected chi connectivity index (χ3v) is 2.51. The summed E-state index contributed by atoms with van der Waals surface area (Å²) in [5, 5.41) is 0. The second-order valence-corrected chi connectivity index (χ2v) is 3.52. The predicted molar refractivity (Wildman–Crippen MR) is 55.3 cm³/mol. The number of benzene rings is 1. The monoisotopic (exact) mass is 206 g/mol. The molecule has 1 aliphatic rings. The molecule has 1 aromatic rings. The van der Waals surface area contributed by atoms with Crippen LogP contribution < -0.4 is 0 Å². The Morgan fingerprint density at radius 3 is 2.80 bits per heavy atom. The number of hydrogen-bond donors (Lipinski definition) is 0. The van der Waals surface area contributed by atoms with E-state index < -0.39 is 0 Å². The second kappa shape index (κ2) is 4.45. The number of cyclic esters (lactones) is 1. The third kappa shape index (κ3) is 2.18. The highest BCUT2D eigenvalue weighted by molar-refractivity contribution is 5.80. The molecule has 0 radical (unpaired) electrons. The summed E-state index contributed by atoms with van der Waals surface area (Å²) in [4.78, 5) is 11.6. The molecule has 3 nitrogen and oxygen atoms in total. The van der Waals surface area contributed by atoms with Crippen LogP contribution in [0.15, 0.2) is 30.3 Å². The Morgan fingerprint density at radius 2 is 2.13 bits per heavy atom. The highest BCUT2D eigenvalue weighted by Gasteiger charge is 2.35. The first kappa shape index (κ1) is 10.2. The lowest BCUT2D eigenvalue weighted by Crippen LogP contribution is -2.10. The van der Waals surface area contributed by atoms with E-state index in [4.69, 9.17) is 9.47 Å². The molecular formula is C12H14O3. The number of carbonyl (C=O) groups excluding carboxylic acids is 1. The summed E-state index contributed by atoms with van der Waals surface area (Å²) < 4.78 is 10.4. The maximum absolute atomic E-state index is 11.6. The number of rotatable bonds is 3. The Kier molecular flexibility index (Phi) is 3.02. The summed E-state index contributed by atoms with van der Waals surface area (Å²) in [6, 6.07) is 9.68. The Labute approximate surface area is 89.0 Å². The van der Waals surface area contributed by atoms with Gasteiger partial charge < -0.3 is 9.47 Å². The van der Waals surface area contributed by atoms with Gasteiger partial charge in [0.1, 0.15) is 0 Å². The lowest BCUT2D eigenvalue weighted by Gasteiger charge is -2.07. The predicted octanol–water partition coefficient (Wildman–Crippen LogP) is 2.08. The molecule has 1 heterocycles. The van der Waals surface area contributed by atoms with Crippen LogP contribution in [0.3, 0.4) is 0 Å². The summed E-state index contributed by atoms with van der Waals surface area (Å²) in [6.07, 6.45) is 0.254. The number of hydrogen-bond acceptors (Lipinski definition) is 3. The van der Waals surface area contributed by atoms with Gasteiger partial charge in [-0.15, -0.1) is 0 Å². The van der Waals surface area contributed by atoms with Gasteiger partial charge in [0, 0.05) is 13.0 Å². The molecule has 3 heteroatoms. The summed E-state index contributed by atoms with van der Waals surface area (Å²) in [7, 11) is 0. The molecule has 1 aromatic carbocycles. The summed E-state index contributed by atoms with van der Waals surface area (Å²) in [5.41, 5.74) is 1.00. The van der Waals surface area contributed by atoms with Crippen molar-refractivity contribution in [1.82, 2.24) is 0 Å². The van der Waals surface area contributed by atoms with Gasteiger partial charge in [0.2, 0.25) is 6.29 Å². The first-order valence-corrected chi connectivity index (χ1v) is 5.18. The molecule has 1 saturated heterocycles. The quantitative estimate of drug-likeness (QED) is 0.710. The minimum Gasteiger partial charge on any atom is -0.435 e. The minimum atomic E-state index is -0.368. The third-order valence-electron chi connectivity index (χ3n) is 2.51. The molecule has 0 spiro atoms. The van der Waals surface area contributed by atoms with Crippen molar-refractivity contribution < 1.29 is 14.3 Å². The lowest BCUT2D eigenvalue weighted by molar-refractivity contribution is -0.161. The van der Waals surface area contributed by atoms with Gasteiger partial charge in [0.05, 0.1) is 5.92 Å². The van der Waals surface area contributed by atoms with Crippen LogP contribution >= 0.6 is 0 Å². The normalized spacial score (nSPS) is 25.3. The van der Waals surface area contributed by atoms with E-state index in [2.05, 4.69) is 0 Å². The van der Waals surface area contributed by atoms with Crippen LogP contribution in [0, 0.1) is 0 Å². The number of ether oxygens (including phenoxy) is 2. The van der Waals surface area contributed by atoms with Gasteiger partial charge in [0.25, 0.3) is 0 Å². The molecule has 0 aromatic heterocycles. The van der Waals surface area contributed by atoms with E-state index in [1.165, 1.54) is 0 Å². The van der Waals surface area contributed by atoms with Crippen molar-refractivity contribution in [2.45, 2.75) is 25.6 Å². The first-order valence-electron chi connectivity index (χ1n) is 5.18. The molecule has 0 unspecified atom stereocenters. The highest BCUT2D eigenvalue weighted by atomic mass is 16.7. The van der Waals surface area contributed by atoms with E-state index in [0.717, 1.165) is 5.56 Å². The highest BCUT2D eigenvalue weighted by Crippen LogP contribution is 2.30. The zero-order valence-electron chi connectivity index (χ0n) is 8.68. The van der Waals surface area contributed by atoms with Crippen LogP contribution in [-0.4, -0.2) is 18.9 Å². The zero-order chi connectivity index (χ0) is 10.7. The lowest BCUT2D eigenvalue weighted by atomic mass is 9.98. The van der Waals surface area contributed by atoms with Crippen LogP contribution in [-0.2, 0) is 14.3 Å². The van der Waals surface area contributed by atoms with Crippen LogP contribution in [0.1, 0.15) is 24.8 Å². The molecule has 0 saturated carbocycles. The maximum atomic E-state index is 11.6. The topological polar surface area (TPSA) is 35.5 Å². The minimum absolute atomic E-state index is 0.164. The van der Waals surface area contributed by atoms with E-state index >= 15 is 0 Å². The summed E-state index contributed by atoms with van der Waals surface area (Å²) in [5.74, 6) is -0.345. The van der Waals surface area contributed by atoms with E-state index in [0.29, 0.717) is 13.0 Å². The van der Waals surface area contributed by atoms with Crippen LogP contribution in [0.5, 0.6) is 0 Å². The smallest absolute Gasteiger partial charge is 0.315 e. The Bertz CT molecular complexity index is 334. The van der Waals surface area contributed by atoms with Gasteiger partial charge in [0.15, 0.2) is 0 Å². The summed E-state index contributed by atoms with van der Waals surface area (Å²) in [6.45, 7) is 2.46. The van der Waals surface area contributed by atoms with Crippen LogP contribution in [0.2, 0.25) is 0 Å². The number of carbonyl (C=O) groups is 1. The molecule has 0 N–H and O–H groups in total. The van der Waals surface area contributed by atoms with E-state index in [1.54, 1.807) is 0 Å². The molecule has 0 bridgehead atoms. The van der Waals surface area contributed by atoms with Gasteiger partial charge in [-0.2, -0.15) is 0 Å². The Morgan fingerprint density at radius 1 is 1.40 bits per heavy atom. The average molecular weight is 206 g/mol. The fourth-order valence-electron chi connectivity index (χ4n) is 1.79. The van der Waals surface area contributed by atoms with Gasteiger partial charge >= 0.3 is 5.97 Å². The Balaban J connectivity index is 2.09. The van der Waals surface area contributed by atoms with Crippen LogP contribution in [0.25, 0.3) is 0 Å². The average Bonchev–Trinajstić information content (AvgIpc) is 2.61. The van der Waals surface area contributed by atoms with Gasteiger partial charge in [-0.3, -0.25) is 4.79 Å². The zero-order valence-corrected chi connectivity index (χ0v) is 8.68. The molecule has 1 aliphatic heterocycles. The van der Waals surface area contributed by atoms with E-state index in [1.807, 2.05) is 37.3 Å².